The lowest BCUT2D eigenvalue weighted by atomic mass is 10.2. The van der Waals surface area contributed by atoms with E-state index in [0.717, 1.165) is 35.0 Å². The van der Waals surface area contributed by atoms with E-state index in [4.69, 9.17) is 0 Å². The van der Waals surface area contributed by atoms with Gasteiger partial charge in [-0.05, 0) is 68.1 Å². The molecule has 0 unspecified atom stereocenters. The highest BCUT2D eigenvalue weighted by Crippen LogP contribution is 2.23. The average molecular weight is 392 g/mol. The van der Waals surface area contributed by atoms with Gasteiger partial charge in [0.15, 0.2) is 0 Å². The van der Waals surface area contributed by atoms with E-state index in [-0.39, 0.29) is 5.91 Å². The summed E-state index contributed by atoms with van der Waals surface area (Å²) in [5, 5.41) is 0. The second-order valence-corrected chi connectivity index (χ2v) is 6.44. The van der Waals surface area contributed by atoms with Crippen LogP contribution < -0.4 is 0 Å². The van der Waals surface area contributed by atoms with Gasteiger partial charge in [0.05, 0.1) is 5.56 Å². The molecule has 0 heterocycles. The van der Waals surface area contributed by atoms with Gasteiger partial charge in [-0.1, -0.05) is 15.9 Å². The lowest BCUT2D eigenvalue weighted by molar-refractivity contribution is 0.0758. The van der Waals surface area contributed by atoms with Crippen molar-refractivity contribution in [3.63, 3.8) is 0 Å². The van der Waals surface area contributed by atoms with Crippen LogP contribution in [0.25, 0.3) is 0 Å². The maximum Gasteiger partial charge on any atom is 0.255 e. The Morgan fingerprint density at radius 1 is 1.21 bits per heavy atom. The lowest BCUT2D eigenvalue weighted by Crippen LogP contribution is -2.33. The minimum Gasteiger partial charge on any atom is -0.339 e. The summed E-state index contributed by atoms with van der Waals surface area (Å²) in [6.07, 6.45) is 0.984. The molecule has 0 atom stereocenters. The highest BCUT2D eigenvalue weighted by atomic mass is 79.9. The fraction of sp³-hybridized carbons (Fsp3) is 0.500. The molecule has 0 aromatic heterocycles. The first-order valence-electron chi connectivity index (χ1n) is 6.34. The molecule has 0 aliphatic heterocycles. The molecule has 0 saturated heterocycles. The van der Waals surface area contributed by atoms with Gasteiger partial charge in [0.1, 0.15) is 0 Å². The summed E-state index contributed by atoms with van der Waals surface area (Å²) in [6.45, 7) is 4.51. The van der Waals surface area contributed by atoms with Crippen molar-refractivity contribution in [1.82, 2.24) is 9.80 Å². The number of carbonyl (C=O) groups excluding carboxylic acids is 1. The van der Waals surface area contributed by atoms with Crippen molar-refractivity contribution in [2.75, 3.05) is 33.7 Å². The average Bonchev–Trinajstić information content (AvgIpc) is 2.36. The third-order valence-corrected chi connectivity index (χ3v) is 4.05. The molecule has 1 aromatic rings. The molecule has 3 nitrogen and oxygen atoms in total. The number of nitrogens with zero attached hydrogens (tertiary/aromatic N) is 2. The van der Waals surface area contributed by atoms with Gasteiger partial charge in [-0.2, -0.15) is 0 Å². The number of halogens is 2. The van der Waals surface area contributed by atoms with Crippen LogP contribution in [0.1, 0.15) is 23.7 Å². The largest absolute Gasteiger partial charge is 0.339 e. The molecule has 1 rings (SSSR count). The predicted octanol–water partition coefficient (Wildman–Crippen LogP) is 3.63. The number of benzene rings is 1. The van der Waals surface area contributed by atoms with Gasteiger partial charge in [0, 0.05) is 22.0 Å². The molecule has 0 radical (unpaired) electrons. The van der Waals surface area contributed by atoms with Crippen LogP contribution in [-0.4, -0.2) is 49.4 Å². The fourth-order valence-corrected chi connectivity index (χ4v) is 2.59. The smallest absolute Gasteiger partial charge is 0.255 e. The molecular formula is C14H20Br2N2O. The topological polar surface area (TPSA) is 23.6 Å². The maximum absolute atomic E-state index is 12.5. The Labute approximate surface area is 132 Å². The summed E-state index contributed by atoms with van der Waals surface area (Å²) in [5.74, 6) is 0.0782. The van der Waals surface area contributed by atoms with Crippen LogP contribution in [0.4, 0.5) is 0 Å². The quantitative estimate of drug-likeness (QED) is 0.739. The van der Waals surface area contributed by atoms with Gasteiger partial charge in [-0.25, -0.2) is 0 Å². The molecular weight excluding hydrogens is 372 g/mol. The van der Waals surface area contributed by atoms with E-state index in [1.54, 1.807) is 0 Å². The zero-order valence-corrected chi connectivity index (χ0v) is 14.8. The fourth-order valence-electron chi connectivity index (χ4n) is 1.81. The van der Waals surface area contributed by atoms with Crippen molar-refractivity contribution < 1.29 is 4.79 Å². The molecule has 19 heavy (non-hydrogen) atoms. The molecule has 0 aliphatic rings. The van der Waals surface area contributed by atoms with Crippen LogP contribution in [0.5, 0.6) is 0 Å². The van der Waals surface area contributed by atoms with Crippen molar-refractivity contribution in [3.8, 4) is 0 Å². The van der Waals surface area contributed by atoms with Crippen molar-refractivity contribution >= 4 is 37.8 Å². The van der Waals surface area contributed by atoms with E-state index in [2.05, 4.69) is 36.8 Å². The first kappa shape index (κ1) is 16.7. The van der Waals surface area contributed by atoms with Crippen LogP contribution >= 0.6 is 31.9 Å². The Morgan fingerprint density at radius 2 is 1.89 bits per heavy atom. The van der Waals surface area contributed by atoms with Crippen LogP contribution in [0, 0.1) is 0 Å². The highest BCUT2D eigenvalue weighted by molar-refractivity contribution is 9.11. The number of rotatable bonds is 6. The molecule has 0 aliphatic carbocycles. The maximum atomic E-state index is 12.5. The van der Waals surface area contributed by atoms with Crippen LogP contribution in [0.3, 0.4) is 0 Å². The Balaban J connectivity index is 2.75. The van der Waals surface area contributed by atoms with Gasteiger partial charge in [0.25, 0.3) is 5.91 Å². The van der Waals surface area contributed by atoms with Crippen LogP contribution in [-0.2, 0) is 0 Å². The minimum absolute atomic E-state index is 0.0782. The number of hydrogen-bond donors (Lipinski definition) is 0. The van der Waals surface area contributed by atoms with E-state index in [9.17, 15) is 4.79 Å². The highest BCUT2D eigenvalue weighted by Gasteiger charge is 2.16. The minimum atomic E-state index is 0.0782. The third kappa shape index (κ3) is 5.24. The van der Waals surface area contributed by atoms with E-state index in [1.807, 2.05) is 44.1 Å². The van der Waals surface area contributed by atoms with Gasteiger partial charge in [-0.3, -0.25) is 4.79 Å². The summed E-state index contributed by atoms with van der Waals surface area (Å²) < 4.78 is 1.76. The van der Waals surface area contributed by atoms with Gasteiger partial charge < -0.3 is 9.80 Å². The second kappa shape index (κ2) is 8.02. The second-order valence-electron chi connectivity index (χ2n) is 4.67. The zero-order chi connectivity index (χ0) is 14.4. The number of carbonyl (C=O) groups is 1. The molecule has 0 bridgehead atoms. The van der Waals surface area contributed by atoms with Crippen molar-refractivity contribution in [2.45, 2.75) is 13.3 Å². The van der Waals surface area contributed by atoms with E-state index >= 15 is 0 Å². The van der Waals surface area contributed by atoms with E-state index in [0.29, 0.717) is 5.56 Å². The van der Waals surface area contributed by atoms with Crippen LogP contribution in [0.2, 0.25) is 0 Å². The van der Waals surface area contributed by atoms with Crippen molar-refractivity contribution in [2.24, 2.45) is 0 Å². The summed E-state index contributed by atoms with van der Waals surface area (Å²) in [6, 6.07) is 5.68. The molecule has 1 amide bonds. The normalized spacial score (nSPS) is 10.8. The molecule has 0 spiro atoms. The monoisotopic (exact) mass is 390 g/mol. The van der Waals surface area contributed by atoms with Gasteiger partial charge >= 0.3 is 0 Å². The Hall–Kier alpha value is -0.390. The molecule has 0 fully saturated rings. The Bertz CT molecular complexity index is 435. The first-order chi connectivity index (χ1) is 8.95. The number of hydrogen-bond acceptors (Lipinski definition) is 2. The molecule has 5 heteroatoms. The molecule has 106 valence electrons. The summed E-state index contributed by atoms with van der Waals surface area (Å²) in [5.41, 5.74) is 0.709. The summed E-state index contributed by atoms with van der Waals surface area (Å²) in [4.78, 5) is 16.5. The number of amides is 1. The lowest BCUT2D eigenvalue weighted by Gasteiger charge is -2.22. The zero-order valence-electron chi connectivity index (χ0n) is 11.6. The third-order valence-electron chi connectivity index (χ3n) is 2.86. The van der Waals surface area contributed by atoms with Gasteiger partial charge in [-0.15, -0.1) is 0 Å². The Kier molecular flexibility index (Phi) is 7.04. The molecule has 0 saturated carbocycles. The molecule has 0 N–H and O–H groups in total. The van der Waals surface area contributed by atoms with Crippen molar-refractivity contribution in [1.29, 1.82) is 0 Å². The predicted molar refractivity (Wildman–Crippen MR) is 86.6 cm³/mol. The van der Waals surface area contributed by atoms with Crippen molar-refractivity contribution in [3.05, 3.63) is 32.7 Å². The Morgan fingerprint density at radius 3 is 2.47 bits per heavy atom. The summed E-state index contributed by atoms with van der Waals surface area (Å²) >= 11 is 6.85. The SMILES string of the molecule is CCN(CCCN(C)C)C(=O)c1cc(Br)ccc1Br. The summed E-state index contributed by atoms with van der Waals surface area (Å²) in [7, 11) is 4.09. The standard InChI is InChI=1S/C14H20Br2N2O/c1-4-18(9-5-8-17(2)3)14(19)12-10-11(15)6-7-13(12)16/h6-7,10H,4-5,8-9H2,1-3H3. The van der Waals surface area contributed by atoms with E-state index in [1.165, 1.54) is 0 Å². The van der Waals surface area contributed by atoms with E-state index < -0.39 is 0 Å². The van der Waals surface area contributed by atoms with Crippen LogP contribution in [0.15, 0.2) is 27.1 Å². The first-order valence-corrected chi connectivity index (χ1v) is 7.93. The molecule has 1 aromatic carbocycles. The van der Waals surface area contributed by atoms with Gasteiger partial charge in [0.2, 0.25) is 0 Å².